The molecule has 0 saturated heterocycles. The number of esters is 2. The van der Waals surface area contributed by atoms with Crippen LogP contribution in [0.25, 0.3) is 0 Å². The molecule has 600 valence electrons. The van der Waals surface area contributed by atoms with E-state index in [0.717, 1.165) is 109 Å². The van der Waals surface area contributed by atoms with Crippen LogP contribution in [-0.4, -0.2) is 70.0 Å². The number of quaternary nitrogens is 1. The van der Waals surface area contributed by atoms with E-state index in [4.69, 9.17) is 18.5 Å². The Labute approximate surface area is 644 Å². The van der Waals surface area contributed by atoms with Crippen LogP contribution in [0.3, 0.4) is 0 Å². The fourth-order valence-electron chi connectivity index (χ4n) is 12.6. The Hall–Kier alpha value is -3.85. The summed E-state index contributed by atoms with van der Waals surface area (Å²) in [6, 6.07) is 0. The highest BCUT2D eigenvalue weighted by Crippen LogP contribution is 2.38. The lowest BCUT2D eigenvalue weighted by atomic mass is 10.0. The average Bonchev–Trinajstić information content (AvgIpc) is 0.915. The maximum Gasteiger partial charge on any atom is 0.306 e. The van der Waals surface area contributed by atoms with Crippen molar-refractivity contribution >= 4 is 19.8 Å². The SMILES string of the molecule is CC/C=C\C/C=C\C/C=C\C/C=C\C/C=C\C/C=C\C/C=C\CCCCCCCCCCCCCCCCCCCC(=O)OC(COC(=O)CCCCCCCCCCCCCCCCCCCCCCCCCCCCCC/C=C\C/C=C\C/C=C\C/C=C\CC)COP(=O)([O-])OCC[N+](C)(C)C. The molecule has 0 aromatic carbocycles. The molecular formula is C94H166NO8P. The van der Waals surface area contributed by atoms with Crippen LogP contribution in [0.5, 0.6) is 0 Å². The third kappa shape index (κ3) is 87.1. The molecule has 0 aromatic heterocycles. The van der Waals surface area contributed by atoms with Crippen molar-refractivity contribution in [1.82, 2.24) is 0 Å². The number of phosphoric ester groups is 1. The van der Waals surface area contributed by atoms with Crippen molar-refractivity contribution in [2.75, 3.05) is 47.5 Å². The van der Waals surface area contributed by atoms with Gasteiger partial charge in [-0.3, -0.25) is 14.2 Å². The lowest BCUT2D eigenvalue weighted by molar-refractivity contribution is -0.870. The number of carbonyl (C=O) groups is 2. The maximum atomic E-state index is 12.9. The van der Waals surface area contributed by atoms with Crippen LogP contribution in [0.4, 0.5) is 0 Å². The second kappa shape index (κ2) is 83.2. The number of ether oxygens (including phenoxy) is 2. The molecule has 0 amide bonds. The van der Waals surface area contributed by atoms with Crippen molar-refractivity contribution in [2.45, 2.75) is 405 Å². The molecule has 0 radical (unpaired) electrons. The van der Waals surface area contributed by atoms with Crippen LogP contribution in [0.2, 0.25) is 0 Å². The number of carbonyl (C=O) groups excluding carboxylic acids is 2. The van der Waals surface area contributed by atoms with E-state index < -0.39 is 26.5 Å². The average molecular weight is 1470 g/mol. The van der Waals surface area contributed by atoms with Crippen molar-refractivity contribution in [2.24, 2.45) is 0 Å². The molecule has 2 atom stereocenters. The predicted octanol–water partition coefficient (Wildman–Crippen LogP) is 29.2. The standard InChI is InChI=1S/C94H166NO8P/c1-6-8-10-12-14-16-18-20-22-24-26-28-30-32-34-36-38-40-42-44-46-47-49-50-52-54-56-58-60-62-64-66-68-70-72-74-76-78-80-82-84-86-93(96)100-90-92(91-102-104(98,99)101-89-88-95(3,4)5)103-94(97)87-85-83-81-79-77-75-73-71-69-67-65-63-61-59-57-55-53-51-48-45-43-41-39-37-35-33-31-29-27-25-23-21-19-17-15-13-11-9-7-2/h8-11,14-17,20-23,26-29,33,35,39,41,45,48,92H,6-7,12-13,18-19,24-25,30-32,34,36-38,40,42-44,46-47,49-91H2,1-5H3/b10-8-,11-9-,16-14-,17-15-,22-20-,23-21-,28-26-,29-27-,35-33-,41-39-,48-45-. The Morgan fingerprint density at radius 1 is 0.298 bits per heavy atom. The first-order valence-corrected chi connectivity index (χ1v) is 45.4. The van der Waals surface area contributed by atoms with E-state index in [9.17, 15) is 19.0 Å². The molecule has 0 rings (SSSR count). The summed E-state index contributed by atoms with van der Waals surface area (Å²) in [6.45, 7) is 4.06. The number of phosphoric acid groups is 1. The molecule has 0 aliphatic rings. The third-order valence-electron chi connectivity index (χ3n) is 19.2. The molecule has 0 bridgehead atoms. The van der Waals surface area contributed by atoms with E-state index >= 15 is 0 Å². The Bertz CT molecular complexity index is 2230. The van der Waals surface area contributed by atoms with Gasteiger partial charge in [-0.2, -0.15) is 0 Å². The summed E-state index contributed by atoms with van der Waals surface area (Å²) >= 11 is 0. The first kappa shape index (κ1) is 100. The predicted molar refractivity (Wildman–Crippen MR) is 452 cm³/mol. The van der Waals surface area contributed by atoms with Crippen LogP contribution in [0.1, 0.15) is 399 Å². The Kier molecular flexibility index (Phi) is 80.1. The monoisotopic (exact) mass is 1470 g/mol. The number of nitrogens with zero attached hydrogens (tertiary/aromatic N) is 1. The Morgan fingerprint density at radius 3 is 0.769 bits per heavy atom. The van der Waals surface area contributed by atoms with E-state index in [1.54, 1.807) is 0 Å². The van der Waals surface area contributed by atoms with Gasteiger partial charge in [-0.25, -0.2) is 0 Å². The second-order valence-corrected chi connectivity index (χ2v) is 31.9. The van der Waals surface area contributed by atoms with Gasteiger partial charge in [-0.1, -0.05) is 411 Å². The molecule has 0 aliphatic heterocycles. The van der Waals surface area contributed by atoms with E-state index in [1.807, 2.05) is 21.1 Å². The summed E-state index contributed by atoms with van der Waals surface area (Å²) < 4.78 is 34.5. The highest BCUT2D eigenvalue weighted by molar-refractivity contribution is 7.45. The fraction of sp³-hybridized carbons (Fsp3) is 0.745. The smallest absolute Gasteiger partial charge is 0.306 e. The molecule has 0 N–H and O–H groups in total. The maximum absolute atomic E-state index is 12.9. The summed E-state index contributed by atoms with van der Waals surface area (Å²) in [6.07, 6.45) is 122. The van der Waals surface area contributed by atoms with Crippen LogP contribution in [0, 0.1) is 0 Å². The summed E-state index contributed by atoms with van der Waals surface area (Å²) in [5.74, 6) is -0.817. The lowest BCUT2D eigenvalue weighted by Crippen LogP contribution is -2.37. The first-order chi connectivity index (χ1) is 51.0. The highest BCUT2D eigenvalue weighted by Gasteiger charge is 2.22. The number of hydrogen-bond donors (Lipinski definition) is 0. The number of rotatable bonds is 81. The summed E-state index contributed by atoms with van der Waals surface area (Å²) in [5.41, 5.74) is 0. The van der Waals surface area contributed by atoms with E-state index in [2.05, 4.69) is 148 Å². The van der Waals surface area contributed by atoms with Gasteiger partial charge >= 0.3 is 11.9 Å². The van der Waals surface area contributed by atoms with Gasteiger partial charge in [0.05, 0.1) is 27.7 Å². The minimum Gasteiger partial charge on any atom is -0.756 e. The molecule has 0 saturated carbocycles. The number of likely N-dealkylation sites (N-methyl/N-ethyl adjacent to an activating group) is 1. The number of unbranched alkanes of at least 4 members (excludes halogenated alkanes) is 45. The van der Waals surface area contributed by atoms with E-state index in [1.165, 1.54) is 257 Å². The minimum atomic E-state index is -4.65. The van der Waals surface area contributed by atoms with Crippen molar-refractivity contribution in [3.63, 3.8) is 0 Å². The van der Waals surface area contributed by atoms with Gasteiger partial charge in [0.15, 0.2) is 6.10 Å². The minimum absolute atomic E-state index is 0.0319. The molecule has 9 nitrogen and oxygen atoms in total. The van der Waals surface area contributed by atoms with Crippen molar-refractivity contribution in [1.29, 1.82) is 0 Å². The molecule has 0 heterocycles. The largest absolute Gasteiger partial charge is 0.756 e. The zero-order chi connectivity index (χ0) is 75.4. The van der Waals surface area contributed by atoms with Crippen LogP contribution in [0.15, 0.2) is 134 Å². The Balaban J connectivity index is 3.89. The van der Waals surface area contributed by atoms with E-state index in [-0.39, 0.29) is 32.0 Å². The fourth-order valence-corrected chi connectivity index (χ4v) is 13.3. The number of hydrogen-bond acceptors (Lipinski definition) is 8. The van der Waals surface area contributed by atoms with Gasteiger partial charge in [0.25, 0.3) is 7.82 Å². The number of allylic oxidation sites excluding steroid dienone is 22. The van der Waals surface area contributed by atoms with Crippen LogP contribution >= 0.6 is 7.82 Å². The highest BCUT2D eigenvalue weighted by atomic mass is 31.2. The molecule has 104 heavy (non-hydrogen) atoms. The van der Waals surface area contributed by atoms with Gasteiger partial charge < -0.3 is 27.9 Å². The molecule has 0 aliphatic carbocycles. The quantitative estimate of drug-likeness (QED) is 0.0195. The van der Waals surface area contributed by atoms with Gasteiger partial charge in [-0.15, -0.1) is 0 Å². The van der Waals surface area contributed by atoms with Gasteiger partial charge in [-0.05, 0) is 109 Å². The molecular weight excluding hydrogens is 1300 g/mol. The molecule has 0 aromatic rings. The first-order valence-electron chi connectivity index (χ1n) is 43.9. The zero-order valence-electron chi connectivity index (χ0n) is 68.7. The third-order valence-corrected chi connectivity index (χ3v) is 20.1. The van der Waals surface area contributed by atoms with Crippen LogP contribution in [-0.2, 0) is 32.7 Å². The summed E-state index contributed by atoms with van der Waals surface area (Å²) in [5, 5.41) is 0. The van der Waals surface area contributed by atoms with Crippen molar-refractivity contribution in [3.8, 4) is 0 Å². The second-order valence-electron chi connectivity index (χ2n) is 30.5. The summed E-state index contributed by atoms with van der Waals surface area (Å²) in [4.78, 5) is 38.3. The molecule has 0 fully saturated rings. The lowest BCUT2D eigenvalue weighted by Gasteiger charge is -2.28. The Morgan fingerprint density at radius 2 is 0.519 bits per heavy atom. The topological polar surface area (TPSA) is 111 Å². The van der Waals surface area contributed by atoms with Gasteiger partial charge in [0.2, 0.25) is 0 Å². The van der Waals surface area contributed by atoms with Gasteiger partial charge in [0.1, 0.15) is 19.8 Å². The summed E-state index contributed by atoms with van der Waals surface area (Å²) in [7, 11) is 1.18. The van der Waals surface area contributed by atoms with Crippen LogP contribution < -0.4 is 4.89 Å². The van der Waals surface area contributed by atoms with Gasteiger partial charge in [0, 0.05) is 12.8 Å². The molecule has 0 spiro atoms. The van der Waals surface area contributed by atoms with E-state index in [0.29, 0.717) is 17.4 Å². The van der Waals surface area contributed by atoms with Crippen molar-refractivity contribution < 1.29 is 42.1 Å². The molecule has 2 unspecified atom stereocenters. The normalized spacial score (nSPS) is 13.6. The molecule has 10 heteroatoms. The zero-order valence-corrected chi connectivity index (χ0v) is 69.6. The van der Waals surface area contributed by atoms with Crippen molar-refractivity contribution in [3.05, 3.63) is 134 Å².